The van der Waals surface area contributed by atoms with E-state index in [0.29, 0.717) is 17.5 Å². The van der Waals surface area contributed by atoms with E-state index < -0.39 is 0 Å². The molecule has 0 atom stereocenters. The highest BCUT2D eigenvalue weighted by molar-refractivity contribution is 7.26. The summed E-state index contributed by atoms with van der Waals surface area (Å²) in [5.41, 5.74) is 11.6. The standard InChI is InChI=1S/C51H31N3OS/c1-3-14-32(15-4-1)34-18-11-19-35(30-34)37-20-7-8-21-38(37)36-28-29-45-42(31-36)48-41(24-13-27-46(48)56-45)51-53-49(33-16-5-2-6-17-33)52-50(54-51)40-23-12-26-44-47(40)39-22-9-10-25-43(39)55-44/h1-31H. The lowest BCUT2D eigenvalue weighted by atomic mass is 9.92. The molecule has 0 saturated heterocycles. The van der Waals surface area contributed by atoms with Crippen molar-refractivity contribution >= 4 is 53.4 Å². The van der Waals surface area contributed by atoms with Crippen LogP contribution in [0.4, 0.5) is 0 Å². The van der Waals surface area contributed by atoms with E-state index in [9.17, 15) is 0 Å². The Labute approximate surface area is 327 Å². The highest BCUT2D eigenvalue weighted by Gasteiger charge is 2.20. The zero-order valence-corrected chi connectivity index (χ0v) is 30.9. The van der Waals surface area contributed by atoms with Gasteiger partial charge >= 0.3 is 0 Å². The second-order valence-electron chi connectivity index (χ2n) is 13.9. The molecule has 0 aliphatic heterocycles. The predicted octanol–water partition coefficient (Wildman–Crippen LogP) is 14.1. The molecule has 3 heterocycles. The molecule has 4 nitrogen and oxygen atoms in total. The number of aromatic nitrogens is 3. The van der Waals surface area contributed by atoms with Crippen LogP contribution in [0.5, 0.6) is 0 Å². The van der Waals surface area contributed by atoms with Crippen molar-refractivity contribution in [3.05, 3.63) is 188 Å². The number of hydrogen-bond acceptors (Lipinski definition) is 5. The Hall–Kier alpha value is -7.21. The summed E-state index contributed by atoms with van der Waals surface area (Å²) in [7, 11) is 0. The van der Waals surface area contributed by atoms with E-state index in [4.69, 9.17) is 19.4 Å². The molecule has 0 aliphatic rings. The molecule has 0 amide bonds. The number of thiophene rings is 1. The minimum atomic E-state index is 0.606. The normalized spacial score (nSPS) is 11.6. The van der Waals surface area contributed by atoms with Gasteiger partial charge in [-0.25, -0.2) is 15.0 Å². The fourth-order valence-electron chi connectivity index (χ4n) is 7.96. The van der Waals surface area contributed by atoms with Gasteiger partial charge in [0, 0.05) is 47.6 Å². The first-order valence-corrected chi connectivity index (χ1v) is 19.5. The summed E-state index contributed by atoms with van der Waals surface area (Å²) in [6.07, 6.45) is 0. The lowest BCUT2D eigenvalue weighted by Crippen LogP contribution is -2.00. The van der Waals surface area contributed by atoms with E-state index in [2.05, 4.69) is 140 Å². The van der Waals surface area contributed by atoms with E-state index in [1.807, 2.05) is 48.5 Å². The fourth-order valence-corrected chi connectivity index (χ4v) is 9.07. The third-order valence-corrected chi connectivity index (χ3v) is 11.7. The zero-order chi connectivity index (χ0) is 37.0. The molecular formula is C51H31N3OS. The van der Waals surface area contributed by atoms with Crippen molar-refractivity contribution in [2.24, 2.45) is 0 Å². The first-order chi connectivity index (χ1) is 27.7. The number of nitrogens with zero attached hydrogens (tertiary/aromatic N) is 3. The van der Waals surface area contributed by atoms with Crippen LogP contribution in [-0.4, -0.2) is 15.0 Å². The average molecular weight is 734 g/mol. The zero-order valence-electron chi connectivity index (χ0n) is 30.1. The van der Waals surface area contributed by atoms with Gasteiger partial charge in [0.25, 0.3) is 0 Å². The predicted molar refractivity (Wildman–Crippen MR) is 233 cm³/mol. The number of furan rings is 1. The largest absolute Gasteiger partial charge is 0.456 e. The Morgan fingerprint density at radius 2 is 0.875 bits per heavy atom. The molecule has 3 aromatic heterocycles. The smallest absolute Gasteiger partial charge is 0.164 e. The number of rotatable bonds is 6. The van der Waals surface area contributed by atoms with Gasteiger partial charge in [0.05, 0.1) is 0 Å². The molecule has 5 heteroatoms. The maximum atomic E-state index is 6.28. The van der Waals surface area contributed by atoms with Crippen LogP contribution < -0.4 is 0 Å². The molecule has 56 heavy (non-hydrogen) atoms. The van der Waals surface area contributed by atoms with Crippen molar-refractivity contribution in [1.82, 2.24) is 15.0 Å². The molecule has 0 fully saturated rings. The van der Waals surface area contributed by atoms with Gasteiger partial charge in [-0.3, -0.25) is 0 Å². The van der Waals surface area contributed by atoms with Crippen LogP contribution in [0.1, 0.15) is 0 Å². The van der Waals surface area contributed by atoms with Gasteiger partial charge in [0.1, 0.15) is 11.2 Å². The van der Waals surface area contributed by atoms with Crippen LogP contribution in [0.15, 0.2) is 192 Å². The van der Waals surface area contributed by atoms with Gasteiger partial charge in [-0.15, -0.1) is 11.3 Å². The summed E-state index contributed by atoms with van der Waals surface area (Å²) in [6, 6.07) is 65.8. The highest BCUT2D eigenvalue weighted by Crippen LogP contribution is 2.43. The lowest BCUT2D eigenvalue weighted by Gasteiger charge is -2.13. The van der Waals surface area contributed by atoms with Gasteiger partial charge < -0.3 is 4.42 Å². The molecule has 0 N–H and O–H groups in total. The van der Waals surface area contributed by atoms with Crippen LogP contribution >= 0.6 is 11.3 Å². The van der Waals surface area contributed by atoms with Gasteiger partial charge in [-0.1, -0.05) is 152 Å². The topological polar surface area (TPSA) is 51.8 Å². The molecule has 8 aromatic carbocycles. The van der Waals surface area contributed by atoms with Crippen LogP contribution in [0.2, 0.25) is 0 Å². The van der Waals surface area contributed by atoms with E-state index in [1.165, 1.54) is 42.6 Å². The molecule has 262 valence electrons. The third-order valence-electron chi connectivity index (χ3n) is 10.6. The van der Waals surface area contributed by atoms with E-state index in [-0.39, 0.29) is 0 Å². The van der Waals surface area contributed by atoms with E-state index in [0.717, 1.165) is 49.6 Å². The van der Waals surface area contributed by atoms with Crippen molar-refractivity contribution in [3.63, 3.8) is 0 Å². The molecular weight excluding hydrogens is 703 g/mol. The number of hydrogen-bond donors (Lipinski definition) is 0. The van der Waals surface area contributed by atoms with Crippen molar-refractivity contribution in [2.45, 2.75) is 0 Å². The maximum absolute atomic E-state index is 6.28. The first-order valence-electron chi connectivity index (χ1n) is 18.7. The van der Waals surface area contributed by atoms with Crippen LogP contribution in [0, 0.1) is 0 Å². The second-order valence-corrected chi connectivity index (χ2v) is 15.0. The third kappa shape index (κ3) is 5.48. The minimum absolute atomic E-state index is 0.606. The van der Waals surface area contributed by atoms with Crippen LogP contribution in [0.3, 0.4) is 0 Å². The number of benzene rings is 8. The summed E-state index contributed by atoms with van der Waals surface area (Å²) >= 11 is 1.80. The van der Waals surface area contributed by atoms with Crippen LogP contribution in [-0.2, 0) is 0 Å². The Morgan fingerprint density at radius 1 is 0.321 bits per heavy atom. The van der Waals surface area contributed by atoms with Gasteiger partial charge in [0.2, 0.25) is 0 Å². The van der Waals surface area contributed by atoms with Gasteiger partial charge in [0.15, 0.2) is 17.5 Å². The molecule has 0 radical (unpaired) electrons. The monoisotopic (exact) mass is 733 g/mol. The molecule has 0 bridgehead atoms. The summed E-state index contributed by atoms with van der Waals surface area (Å²) in [5, 5.41) is 4.35. The minimum Gasteiger partial charge on any atom is -0.456 e. The van der Waals surface area contributed by atoms with Crippen molar-refractivity contribution in [3.8, 4) is 67.5 Å². The maximum Gasteiger partial charge on any atom is 0.164 e. The quantitative estimate of drug-likeness (QED) is 0.171. The Balaban J connectivity index is 1.10. The summed E-state index contributed by atoms with van der Waals surface area (Å²) in [4.78, 5) is 15.6. The molecule has 0 unspecified atom stereocenters. The molecule has 11 rings (SSSR count). The van der Waals surface area contributed by atoms with E-state index >= 15 is 0 Å². The highest BCUT2D eigenvalue weighted by atomic mass is 32.1. The summed E-state index contributed by atoms with van der Waals surface area (Å²) in [5.74, 6) is 1.86. The molecule has 0 aliphatic carbocycles. The van der Waals surface area contributed by atoms with Gasteiger partial charge in [-0.05, 0) is 69.8 Å². The summed E-state index contributed by atoms with van der Waals surface area (Å²) < 4.78 is 8.68. The van der Waals surface area contributed by atoms with Crippen molar-refractivity contribution in [1.29, 1.82) is 0 Å². The van der Waals surface area contributed by atoms with Gasteiger partial charge in [-0.2, -0.15) is 0 Å². The SMILES string of the molecule is c1ccc(-c2cccc(-c3ccccc3-c3ccc4sc5cccc(-c6nc(-c7ccccc7)nc(-c7cccc8oc9ccccc9c78)n6)c5c4c3)c2)cc1. The van der Waals surface area contributed by atoms with E-state index in [1.54, 1.807) is 11.3 Å². The number of fused-ring (bicyclic) bond motifs is 6. The molecule has 0 spiro atoms. The Kier molecular flexibility index (Phi) is 7.64. The summed E-state index contributed by atoms with van der Waals surface area (Å²) in [6.45, 7) is 0. The lowest BCUT2D eigenvalue weighted by molar-refractivity contribution is 0.669. The van der Waals surface area contributed by atoms with Crippen molar-refractivity contribution in [2.75, 3.05) is 0 Å². The fraction of sp³-hybridized carbons (Fsp3) is 0. The Morgan fingerprint density at radius 3 is 1.66 bits per heavy atom. The first kappa shape index (κ1) is 32.2. The number of para-hydroxylation sites is 1. The van der Waals surface area contributed by atoms with Crippen LogP contribution in [0.25, 0.3) is 110 Å². The van der Waals surface area contributed by atoms with Crippen molar-refractivity contribution < 1.29 is 4.42 Å². The average Bonchev–Trinajstić information content (AvgIpc) is 3.85. The Bertz CT molecular complexity index is 3260. The molecule has 11 aromatic rings. The second kappa shape index (κ2) is 13.3. The molecule has 0 saturated carbocycles.